The molecular weight excluding hydrogens is 296 g/mol. The van der Waals surface area contributed by atoms with Crippen molar-refractivity contribution in [1.82, 2.24) is 10.3 Å². The van der Waals surface area contributed by atoms with Crippen LogP contribution in [-0.4, -0.2) is 31.3 Å². The van der Waals surface area contributed by atoms with Crippen molar-refractivity contribution < 1.29 is 19.1 Å². The molecule has 1 aromatic heterocycles. The molecule has 0 radical (unpaired) electrons. The minimum atomic E-state index is -0.761. The van der Waals surface area contributed by atoms with Crippen molar-refractivity contribution in [2.45, 2.75) is 0 Å². The molecule has 2 aromatic rings. The molecule has 6 nitrogen and oxygen atoms in total. The smallest absolute Gasteiger partial charge is 0.411 e. The molecule has 23 heavy (non-hydrogen) atoms. The number of rotatable bonds is 4. The summed E-state index contributed by atoms with van der Waals surface area (Å²) < 4.78 is 9.38. The number of ether oxygens (including phenoxy) is 2. The van der Waals surface area contributed by atoms with Crippen LogP contribution in [0.2, 0.25) is 0 Å². The van der Waals surface area contributed by atoms with Crippen molar-refractivity contribution in [2.75, 3.05) is 14.2 Å². The number of nitrogens with one attached hydrogen (secondary N) is 1. The number of alkyl carbamates (subject to hydrolysis) is 1. The SMILES string of the molecule is COC(=O)N/C(C(=O)OC)=C(\c1ccccc1)c1cccnc1. The fourth-order valence-electron chi connectivity index (χ4n) is 2.04. The third-order valence-corrected chi connectivity index (χ3v) is 3.06. The molecule has 2 rings (SSSR count). The molecule has 0 aliphatic heterocycles. The van der Waals surface area contributed by atoms with Crippen LogP contribution in [0.4, 0.5) is 4.79 Å². The van der Waals surface area contributed by atoms with Gasteiger partial charge in [0.25, 0.3) is 0 Å². The van der Waals surface area contributed by atoms with Gasteiger partial charge >= 0.3 is 12.1 Å². The standard InChI is InChI=1S/C17H16N2O4/c1-22-16(20)15(19-17(21)23-2)14(12-7-4-3-5-8-12)13-9-6-10-18-11-13/h3-11H,1-2H3,(H,19,21)/b15-14+. The van der Waals surface area contributed by atoms with Gasteiger partial charge in [0.05, 0.1) is 14.2 Å². The Bertz CT molecular complexity index is 670. The second-order valence-corrected chi connectivity index (χ2v) is 4.47. The van der Waals surface area contributed by atoms with E-state index in [1.54, 1.807) is 24.5 Å². The lowest BCUT2D eigenvalue weighted by molar-refractivity contribution is -0.136. The maximum atomic E-state index is 12.2. The highest BCUT2D eigenvalue weighted by Crippen LogP contribution is 2.26. The van der Waals surface area contributed by atoms with Gasteiger partial charge in [0.2, 0.25) is 0 Å². The van der Waals surface area contributed by atoms with Crippen LogP contribution in [0.1, 0.15) is 11.1 Å². The Morgan fingerprint density at radius 3 is 2.22 bits per heavy atom. The van der Waals surface area contributed by atoms with Crippen LogP contribution in [-0.2, 0) is 14.3 Å². The van der Waals surface area contributed by atoms with Gasteiger partial charge in [-0.25, -0.2) is 9.59 Å². The number of esters is 1. The zero-order valence-corrected chi connectivity index (χ0v) is 12.8. The summed E-state index contributed by atoms with van der Waals surface area (Å²) in [7, 11) is 2.46. The highest BCUT2D eigenvalue weighted by molar-refractivity contribution is 6.03. The predicted octanol–water partition coefficient (Wildman–Crippen LogP) is 2.37. The molecule has 0 aliphatic carbocycles. The average molecular weight is 312 g/mol. The number of aromatic nitrogens is 1. The number of hydrogen-bond acceptors (Lipinski definition) is 5. The third-order valence-electron chi connectivity index (χ3n) is 3.06. The number of pyridine rings is 1. The minimum absolute atomic E-state index is 0.0152. The molecular formula is C17H16N2O4. The highest BCUT2D eigenvalue weighted by Gasteiger charge is 2.21. The summed E-state index contributed by atoms with van der Waals surface area (Å²) >= 11 is 0. The van der Waals surface area contributed by atoms with Gasteiger partial charge in [0.15, 0.2) is 0 Å². The second-order valence-electron chi connectivity index (χ2n) is 4.47. The maximum Gasteiger partial charge on any atom is 0.411 e. The lowest BCUT2D eigenvalue weighted by atomic mass is 9.97. The highest BCUT2D eigenvalue weighted by atomic mass is 16.5. The topological polar surface area (TPSA) is 77.5 Å². The molecule has 0 bridgehead atoms. The fourth-order valence-corrected chi connectivity index (χ4v) is 2.04. The van der Waals surface area contributed by atoms with Gasteiger partial charge < -0.3 is 9.47 Å². The zero-order valence-electron chi connectivity index (χ0n) is 12.8. The molecule has 1 heterocycles. The normalized spacial score (nSPS) is 11.2. The van der Waals surface area contributed by atoms with E-state index in [2.05, 4.69) is 15.0 Å². The van der Waals surface area contributed by atoms with Gasteiger partial charge in [0, 0.05) is 23.5 Å². The van der Waals surface area contributed by atoms with Crippen molar-refractivity contribution in [3.05, 3.63) is 71.7 Å². The van der Waals surface area contributed by atoms with E-state index in [9.17, 15) is 9.59 Å². The Morgan fingerprint density at radius 1 is 0.957 bits per heavy atom. The molecule has 0 saturated heterocycles. The van der Waals surface area contributed by atoms with Gasteiger partial charge in [-0.05, 0) is 11.6 Å². The monoisotopic (exact) mass is 312 g/mol. The Balaban J connectivity index is 2.69. The van der Waals surface area contributed by atoms with Crippen LogP contribution < -0.4 is 5.32 Å². The quantitative estimate of drug-likeness (QED) is 0.693. The average Bonchev–Trinajstić information content (AvgIpc) is 2.62. The number of hydrogen-bond donors (Lipinski definition) is 1. The van der Waals surface area contributed by atoms with E-state index in [0.29, 0.717) is 11.1 Å². The first kappa shape index (κ1) is 16.2. The zero-order chi connectivity index (χ0) is 16.7. The lowest BCUT2D eigenvalue weighted by Crippen LogP contribution is -2.29. The van der Waals surface area contributed by atoms with Crippen LogP contribution in [0.15, 0.2) is 60.6 Å². The number of benzene rings is 1. The molecule has 0 spiro atoms. The Morgan fingerprint density at radius 2 is 1.65 bits per heavy atom. The number of carbonyl (C=O) groups is 2. The predicted molar refractivity (Wildman–Crippen MR) is 84.3 cm³/mol. The molecule has 0 atom stereocenters. The molecule has 0 saturated carbocycles. The van der Waals surface area contributed by atoms with Gasteiger partial charge in [0.1, 0.15) is 5.70 Å². The molecule has 1 aromatic carbocycles. The summed E-state index contributed by atoms with van der Waals surface area (Å²) in [6, 6.07) is 12.7. The van der Waals surface area contributed by atoms with Crippen molar-refractivity contribution in [3.63, 3.8) is 0 Å². The first-order chi connectivity index (χ1) is 11.2. The van der Waals surface area contributed by atoms with Crippen LogP contribution in [0.3, 0.4) is 0 Å². The van der Waals surface area contributed by atoms with Gasteiger partial charge in [-0.1, -0.05) is 36.4 Å². The summed E-state index contributed by atoms with van der Waals surface area (Å²) in [5.41, 5.74) is 1.88. The number of methoxy groups -OCH3 is 2. The summed E-state index contributed by atoms with van der Waals surface area (Å²) in [5, 5.41) is 2.43. The second kappa shape index (κ2) is 7.74. The summed E-state index contributed by atoms with van der Waals surface area (Å²) in [5.74, 6) is -0.682. The van der Waals surface area contributed by atoms with Gasteiger partial charge in [-0.2, -0.15) is 0 Å². The van der Waals surface area contributed by atoms with Gasteiger partial charge in [-0.15, -0.1) is 0 Å². The van der Waals surface area contributed by atoms with Crippen molar-refractivity contribution in [2.24, 2.45) is 0 Å². The first-order valence-electron chi connectivity index (χ1n) is 6.80. The van der Waals surface area contributed by atoms with Crippen molar-refractivity contribution >= 4 is 17.6 Å². The molecule has 1 amide bonds. The fraction of sp³-hybridized carbons (Fsp3) is 0.118. The van der Waals surface area contributed by atoms with Crippen LogP contribution in [0.5, 0.6) is 0 Å². The summed E-state index contributed by atoms with van der Waals surface area (Å²) in [4.78, 5) is 27.9. The lowest BCUT2D eigenvalue weighted by Gasteiger charge is -2.15. The van der Waals surface area contributed by atoms with E-state index < -0.39 is 12.1 Å². The first-order valence-corrected chi connectivity index (χ1v) is 6.80. The third kappa shape index (κ3) is 3.94. The molecule has 118 valence electrons. The number of nitrogens with zero attached hydrogens (tertiary/aromatic N) is 1. The van der Waals surface area contributed by atoms with E-state index in [1.807, 2.05) is 30.3 Å². The van der Waals surface area contributed by atoms with Crippen molar-refractivity contribution in [3.8, 4) is 0 Å². The molecule has 0 unspecified atom stereocenters. The minimum Gasteiger partial charge on any atom is -0.464 e. The Kier molecular flexibility index (Phi) is 5.46. The summed E-state index contributed by atoms with van der Waals surface area (Å²) in [6.07, 6.45) is 2.46. The van der Waals surface area contributed by atoms with Crippen molar-refractivity contribution in [1.29, 1.82) is 0 Å². The Labute approximate surface area is 133 Å². The maximum absolute atomic E-state index is 12.2. The largest absolute Gasteiger partial charge is 0.464 e. The van der Waals surface area contributed by atoms with Crippen LogP contribution in [0.25, 0.3) is 5.57 Å². The molecule has 6 heteroatoms. The molecule has 0 aliphatic rings. The van der Waals surface area contributed by atoms with Gasteiger partial charge in [-0.3, -0.25) is 10.3 Å². The van der Waals surface area contributed by atoms with E-state index in [-0.39, 0.29) is 5.70 Å². The molecule has 0 fully saturated rings. The number of carbonyl (C=O) groups excluding carboxylic acids is 2. The molecule has 1 N–H and O–H groups in total. The number of amides is 1. The van der Waals surface area contributed by atoms with E-state index in [0.717, 1.165) is 5.56 Å². The van der Waals surface area contributed by atoms with E-state index in [4.69, 9.17) is 4.74 Å². The van der Waals surface area contributed by atoms with E-state index >= 15 is 0 Å². The van der Waals surface area contributed by atoms with Crippen LogP contribution >= 0.6 is 0 Å². The van der Waals surface area contributed by atoms with E-state index in [1.165, 1.54) is 14.2 Å². The Hall–Kier alpha value is -3.15. The summed E-state index contributed by atoms with van der Waals surface area (Å²) in [6.45, 7) is 0. The van der Waals surface area contributed by atoms with Crippen LogP contribution in [0, 0.1) is 0 Å².